The summed E-state index contributed by atoms with van der Waals surface area (Å²) in [6, 6.07) is 28.5. The molecule has 6 rings (SSSR count). The van der Waals surface area contributed by atoms with Gasteiger partial charge in [-0.25, -0.2) is 25.8 Å². The van der Waals surface area contributed by atoms with Gasteiger partial charge in [0.15, 0.2) is 5.65 Å². The molecular formula is C30H27N3O4S2. The molecule has 0 saturated carbocycles. The molecule has 0 aliphatic carbocycles. The summed E-state index contributed by atoms with van der Waals surface area (Å²) in [6.45, 7) is 1.09. The van der Waals surface area contributed by atoms with Crippen LogP contribution in [0.25, 0.3) is 22.2 Å². The van der Waals surface area contributed by atoms with E-state index in [0.29, 0.717) is 36.2 Å². The zero-order valence-corrected chi connectivity index (χ0v) is 22.8. The van der Waals surface area contributed by atoms with E-state index in [1.54, 1.807) is 60.8 Å². The molecule has 7 nitrogen and oxygen atoms in total. The summed E-state index contributed by atoms with van der Waals surface area (Å²) in [5.74, 6) is 0. The molecule has 1 saturated heterocycles. The molecule has 1 aliphatic rings. The molecule has 3 heterocycles. The summed E-state index contributed by atoms with van der Waals surface area (Å²) in [4.78, 5) is 4.95. The Balaban J connectivity index is 1.49. The number of sulfonamides is 1. The van der Waals surface area contributed by atoms with Crippen molar-refractivity contribution >= 4 is 31.1 Å². The van der Waals surface area contributed by atoms with E-state index in [1.807, 2.05) is 42.5 Å². The fourth-order valence-corrected chi connectivity index (χ4v) is 8.19. The molecule has 0 radical (unpaired) electrons. The average Bonchev–Trinajstić information content (AvgIpc) is 3.63. The summed E-state index contributed by atoms with van der Waals surface area (Å²) in [5.41, 5.74) is 3.46. The minimum atomic E-state index is -3.94. The normalized spacial score (nSPS) is 14.7. The molecule has 0 bridgehead atoms. The second kappa shape index (κ2) is 10.1. The van der Waals surface area contributed by atoms with Crippen molar-refractivity contribution < 1.29 is 16.8 Å². The highest BCUT2D eigenvalue weighted by Gasteiger charge is 2.28. The van der Waals surface area contributed by atoms with Gasteiger partial charge in [0.05, 0.1) is 9.79 Å². The predicted molar refractivity (Wildman–Crippen MR) is 151 cm³/mol. The summed E-state index contributed by atoms with van der Waals surface area (Å²) < 4.78 is 56.7. The molecule has 39 heavy (non-hydrogen) atoms. The van der Waals surface area contributed by atoms with E-state index in [0.717, 1.165) is 29.5 Å². The van der Waals surface area contributed by atoms with Gasteiger partial charge in [-0.2, -0.15) is 4.31 Å². The molecule has 5 aromatic rings. The van der Waals surface area contributed by atoms with Crippen molar-refractivity contribution in [3.63, 3.8) is 0 Å². The third kappa shape index (κ3) is 4.67. The number of hydrogen-bond donors (Lipinski definition) is 0. The van der Waals surface area contributed by atoms with Crippen LogP contribution in [0, 0.1) is 0 Å². The lowest BCUT2D eigenvalue weighted by molar-refractivity contribution is 0.477. The van der Waals surface area contributed by atoms with Crippen molar-refractivity contribution in [1.29, 1.82) is 0 Å². The van der Waals surface area contributed by atoms with Crippen LogP contribution in [0.1, 0.15) is 24.1 Å². The van der Waals surface area contributed by atoms with Gasteiger partial charge in [0.25, 0.3) is 10.0 Å². The number of aromatic nitrogens is 2. The summed E-state index contributed by atoms with van der Waals surface area (Å²) in [5, 5.41) is 0.679. The Kier molecular flexibility index (Phi) is 6.58. The lowest BCUT2D eigenvalue weighted by Crippen LogP contribution is -2.27. The standard InChI is InChI=1S/C30H27N3O4S2/c34-38(35,32-19-7-8-20-32)27-15-13-24(14-16-27)28-17-18-31-30-29(28)22-25(21-23-9-3-1-4-10-23)33(30)39(36,37)26-11-5-2-6-12-26/h1-6,9-18,22H,7-8,19-21H2. The van der Waals surface area contributed by atoms with E-state index in [2.05, 4.69) is 4.98 Å². The number of benzene rings is 3. The second-order valence-electron chi connectivity index (χ2n) is 9.61. The Bertz CT molecular complexity index is 1840. The molecule has 0 amide bonds. The molecule has 3 aromatic carbocycles. The van der Waals surface area contributed by atoms with Gasteiger partial charge >= 0.3 is 0 Å². The van der Waals surface area contributed by atoms with Crippen LogP contribution in [0.2, 0.25) is 0 Å². The van der Waals surface area contributed by atoms with E-state index < -0.39 is 20.0 Å². The number of hydrogen-bond acceptors (Lipinski definition) is 5. The average molecular weight is 558 g/mol. The first kappa shape index (κ1) is 25.5. The van der Waals surface area contributed by atoms with Gasteiger partial charge in [-0.3, -0.25) is 0 Å². The minimum Gasteiger partial charge on any atom is -0.237 e. The first-order valence-electron chi connectivity index (χ1n) is 12.8. The van der Waals surface area contributed by atoms with Crippen LogP contribution in [0.4, 0.5) is 0 Å². The predicted octanol–water partition coefficient (Wildman–Crippen LogP) is 5.32. The van der Waals surface area contributed by atoms with Crippen molar-refractivity contribution in [1.82, 2.24) is 13.3 Å². The molecule has 0 N–H and O–H groups in total. The highest BCUT2D eigenvalue weighted by Crippen LogP contribution is 2.34. The molecule has 0 atom stereocenters. The maximum atomic E-state index is 13.9. The first-order valence-corrected chi connectivity index (χ1v) is 15.7. The van der Waals surface area contributed by atoms with Gasteiger partial charge in [-0.15, -0.1) is 0 Å². The van der Waals surface area contributed by atoms with Crippen LogP contribution in [-0.2, 0) is 26.5 Å². The lowest BCUT2D eigenvalue weighted by Gasteiger charge is -2.15. The van der Waals surface area contributed by atoms with Crippen molar-refractivity contribution in [3.05, 3.63) is 115 Å². The highest BCUT2D eigenvalue weighted by atomic mass is 32.2. The summed E-state index contributed by atoms with van der Waals surface area (Å²) in [6.07, 6.45) is 3.74. The zero-order chi connectivity index (χ0) is 27.0. The fourth-order valence-electron chi connectivity index (χ4n) is 5.16. The first-order chi connectivity index (χ1) is 18.9. The smallest absolute Gasteiger partial charge is 0.237 e. The lowest BCUT2D eigenvalue weighted by atomic mass is 10.0. The van der Waals surface area contributed by atoms with Gasteiger partial charge in [-0.05, 0) is 65.9 Å². The van der Waals surface area contributed by atoms with Crippen LogP contribution in [0.5, 0.6) is 0 Å². The van der Waals surface area contributed by atoms with Crippen molar-refractivity contribution in [3.8, 4) is 11.1 Å². The quantitative estimate of drug-likeness (QED) is 0.270. The highest BCUT2D eigenvalue weighted by molar-refractivity contribution is 7.90. The van der Waals surface area contributed by atoms with Crippen LogP contribution in [0.15, 0.2) is 113 Å². The van der Waals surface area contributed by atoms with E-state index in [-0.39, 0.29) is 9.79 Å². The third-order valence-corrected chi connectivity index (χ3v) is 10.8. The molecule has 0 spiro atoms. The maximum absolute atomic E-state index is 13.9. The summed E-state index contributed by atoms with van der Waals surface area (Å²) >= 11 is 0. The molecule has 1 fully saturated rings. The fraction of sp³-hybridized carbons (Fsp3) is 0.167. The Morgan fingerprint density at radius 2 is 1.31 bits per heavy atom. The molecular weight excluding hydrogens is 530 g/mol. The number of nitrogens with zero attached hydrogens (tertiary/aromatic N) is 3. The van der Waals surface area contributed by atoms with Crippen LogP contribution < -0.4 is 0 Å². The monoisotopic (exact) mass is 557 g/mol. The third-order valence-electron chi connectivity index (χ3n) is 7.11. The second-order valence-corrected chi connectivity index (χ2v) is 13.3. The Labute approximate surface area is 228 Å². The molecule has 0 unspecified atom stereocenters. The largest absolute Gasteiger partial charge is 0.269 e. The van der Waals surface area contributed by atoms with Crippen LogP contribution in [-0.4, -0.2) is 43.2 Å². The molecule has 198 valence electrons. The van der Waals surface area contributed by atoms with Crippen molar-refractivity contribution in [2.75, 3.05) is 13.1 Å². The number of pyridine rings is 1. The van der Waals surface area contributed by atoms with E-state index in [9.17, 15) is 16.8 Å². The van der Waals surface area contributed by atoms with Gasteiger partial charge < -0.3 is 0 Å². The Morgan fingerprint density at radius 1 is 0.692 bits per heavy atom. The summed E-state index contributed by atoms with van der Waals surface area (Å²) in [7, 11) is -7.47. The minimum absolute atomic E-state index is 0.181. The molecule has 2 aromatic heterocycles. The Morgan fingerprint density at radius 3 is 1.97 bits per heavy atom. The molecule has 1 aliphatic heterocycles. The maximum Gasteiger partial charge on any atom is 0.269 e. The number of rotatable bonds is 7. The van der Waals surface area contributed by atoms with Gasteiger partial charge in [0, 0.05) is 36.8 Å². The SMILES string of the molecule is O=S(=O)(c1ccc(-c2ccnc3c2cc(Cc2ccccc2)n3S(=O)(=O)c2ccccc2)cc1)N1CCCC1. The van der Waals surface area contributed by atoms with Crippen LogP contribution in [0.3, 0.4) is 0 Å². The number of fused-ring (bicyclic) bond motifs is 1. The topological polar surface area (TPSA) is 89.3 Å². The van der Waals surface area contributed by atoms with Gasteiger partial charge in [0.1, 0.15) is 0 Å². The van der Waals surface area contributed by atoms with Crippen LogP contribution >= 0.6 is 0 Å². The Hall–Kier alpha value is -3.79. The van der Waals surface area contributed by atoms with Gasteiger partial charge in [-0.1, -0.05) is 60.7 Å². The van der Waals surface area contributed by atoms with Crippen molar-refractivity contribution in [2.24, 2.45) is 0 Å². The van der Waals surface area contributed by atoms with E-state index in [4.69, 9.17) is 0 Å². The molecule has 9 heteroatoms. The zero-order valence-electron chi connectivity index (χ0n) is 21.1. The van der Waals surface area contributed by atoms with E-state index in [1.165, 1.54) is 8.28 Å². The van der Waals surface area contributed by atoms with Crippen molar-refractivity contribution in [2.45, 2.75) is 29.1 Å². The van der Waals surface area contributed by atoms with Gasteiger partial charge in [0.2, 0.25) is 10.0 Å². The van der Waals surface area contributed by atoms with E-state index >= 15 is 0 Å².